The summed E-state index contributed by atoms with van der Waals surface area (Å²) in [6.07, 6.45) is 0. The number of rotatable bonds is 6. The molecule has 0 radical (unpaired) electrons. The van der Waals surface area contributed by atoms with E-state index in [-0.39, 0.29) is 0 Å². The third-order valence-corrected chi connectivity index (χ3v) is 3.29. The van der Waals surface area contributed by atoms with E-state index in [4.69, 9.17) is 4.74 Å². The summed E-state index contributed by atoms with van der Waals surface area (Å²) in [4.78, 5) is 0. The first-order chi connectivity index (χ1) is 8.86. The van der Waals surface area contributed by atoms with Crippen LogP contribution in [0.4, 0.5) is 0 Å². The lowest BCUT2D eigenvalue weighted by Gasteiger charge is -2.07. The van der Waals surface area contributed by atoms with Crippen LogP contribution in [0.25, 0.3) is 0 Å². The van der Waals surface area contributed by atoms with Gasteiger partial charge in [-0.2, -0.15) is 0 Å². The third kappa shape index (κ3) is 4.17. The molecule has 0 fully saturated rings. The van der Waals surface area contributed by atoms with Crippen molar-refractivity contribution in [3.05, 3.63) is 64.6 Å². The zero-order valence-corrected chi connectivity index (χ0v) is 11.8. The molecule has 0 aliphatic carbocycles. The molecule has 0 aliphatic rings. The van der Waals surface area contributed by atoms with Crippen LogP contribution in [0.1, 0.15) is 5.56 Å². The fraction of sp³-hybridized carbons (Fsp3) is 0.200. The summed E-state index contributed by atoms with van der Waals surface area (Å²) >= 11 is 3.47. The van der Waals surface area contributed by atoms with Gasteiger partial charge in [0.2, 0.25) is 0 Å². The minimum Gasteiger partial charge on any atom is -0.487 e. The zero-order chi connectivity index (χ0) is 12.6. The van der Waals surface area contributed by atoms with Gasteiger partial charge in [-0.15, -0.1) is 0 Å². The minimum atomic E-state index is 0.718. The average Bonchev–Trinajstić information content (AvgIpc) is 2.42. The molecule has 0 spiro atoms. The van der Waals surface area contributed by atoms with Crippen molar-refractivity contribution in [1.29, 1.82) is 0 Å². The highest BCUT2D eigenvalue weighted by molar-refractivity contribution is 9.10. The Bertz CT molecular complexity index is 473. The van der Waals surface area contributed by atoms with E-state index < -0.39 is 0 Å². The Labute approximate surface area is 116 Å². The largest absolute Gasteiger partial charge is 0.487 e. The monoisotopic (exact) mass is 306 g/mol. The molecular weight excluding hydrogens is 290 g/mol. The molecule has 94 valence electrons. The third-order valence-electron chi connectivity index (χ3n) is 2.64. The number of hydrogen-bond acceptors (Lipinski definition) is 1. The molecule has 0 aromatic heterocycles. The molecule has 0 unspecified atom stereocenters. The number of quaternary nitrogens is 1. The van der Waals surface area contributed by atoms with Crippen LogP contribution in [-0.2, 0) is 6.54 Å². The van der Waals surface area contributed by atoms with E-state index in [1.165, 1.54) is 5.56 Å². The summed E-state index contributed by atoms with van der Waals surface area (Å²) in [5, 5.41) is 2.26. The maximum atomic E-state index is 5.70. The van der Waals surface area contributed by atoms with E-state index in [0.717, 1.165) is 29.9 Å². The first-order valence-corrected chi connectivity index (χ1v) is 6.88. The van der Waals surface area contributed by atoms with Gasteiger partial charge in [0.1, 0.15) is 25.4 Å². The quantitative estimate of drug-likeness (QED) is 0.816. The highest BCUT2D eigenvalue weighted by Crippen LogP contribution is 2.23. The molecule has 0 saturated heterocycles. The fourth-order valence-electron chi connectivity index (χ4n) is 1.70. The van der Waals surface area contributed by atoms with Gasteiger partial charge in [-0.05, 0) is 28.1 Å². The SMILES string of the molecule is Brc1ccccc1OCC[NH2+]Cc1ccccc1. The lowest BCUT2D eigenvalue weighted by Crippen LogP contribution is -2.83. The van der Waals surface area contributed by atoms with Crippen LogP contribution in [0.2, 0.25) is 0 Å². The van der Waals surface area contributed by atoms with E-state index in [1.54, 1.807) is 0 Å². The van der Waals surface area contributed by atoms with Crippen LogP contribution in [-0.4, -0.2) is 13.2 Å². The van der Waals surface area contributed by atoms with Crippen LogP contribution in [0.5, 0.6) is 5.75 Å². The molecule has 2 aromatic rings. The van der Waals surface area contributed by atoms with E-state index in [2.05, 4.69) is 45.5 Å². The number of halogens is 1. The van der Waals surface area contributed by atoms with Crippen molar-refractivity contribution in [2.24, 2.45) is 0 Å². The second-order valence-electron chi connectivity index (χ2n) is 4.05. The van der Waals surface area contributed by atoms with Crippen LogP contribution in [0.3, 0.4) is 0 Å². The van der Waals surface area contributed by atoms with Crippen molar-refractivity contribution in [3.63, 3.8) is 0 Å². The normalized spacial score (nSPS) is 10.3. The van der Waals surface area contributed by atoms with Gasteiger partial charge in [0, 0.05) is 5.56 Å². The molecule has 0 saturated carbocycles. The number of para-hydroxylation sites is 1. The first kappa shape index (κ1) is 13.1. The Hall–Kier alpha value is -1.32. The number of ether oxygens (including phenoxy) is 1. The molecular formula is C15H17BrNO+. The predicted molar refractivity (Wildman–Crippen MR) is 76.6 cm³/mol. The summed E-state index contributed by atoms with van der Waals surface area (Å²) in [7, 11) is 0. The summed E-state index contributed by atoms with van der Waals surface area (Å²) in [5.74, 6) is 0.908. The van der Waals surface area contributed by atoms with Gasteiger partial charge < -0.3 is 10.1 Å². The Morgan fingerprint density at radius 1 is 0.944 bits per heavy atom. The number of benzene rings is 2. The van der Waals surface area contributed by atoms with Crippen LogP contribution >= 0.6 is 15.9 Å². The van der Waals surface area contributed by atoms with Crippen molar-refractivity contribution in [1.82, 2.24) is 0 Å². The standard InChI is InChI=1S/C15H16BrNO/c16-14-8-4-5-9-15(14)18-11-10-17-12-13-6-2-1-3-7-13/h1-9,17H,10-12H2/p+1. The second kappa shape index (κ2) is 7.19. The maximum absolute atomic E-state index is 5.70. The molecule has 2 rings (SSSR count). The minimum absolute atomic E-state index is 0.718. The predicted octanol–water partition coefficient (Wildman–Crippen LogP) is 2.59. The van der Waals surface area contributed by atoms with Crippen molar-refractivity contribution >= 4 is 15.9 Å². The highest BCUT2D eigenvalue weighted by atomic mass is 79.9. The molecule has 0 atom stereocenters. The molecule has 0 bridgehead atoms. The first-order valence-electron chi connectivity index (χ1n) is 6.09. The summed E-state index contributed by atoms with van der Waals surface area (Å²) in [6, 6.07) is 18.4. The smallest absolute Gasteiger partial charge is 0.137 e. The second-order valence-corrected chi connectivity index (χ2v) is 4.90. The zero-order valence-electron chi connectivity index (χ0n) is 10.2. The molecule has 0 amide bonds. The molecule has 2 nitrogen and oxygen atoms in total. The van der Waals surface area contributed by atoms with E-state index in [1.807, 2.05) is 30.3 Å². The maximum Gasteiger partial charge on any atom is 0.137 e. The lowest BCUT2D eigenvalue weighted by molar-refractivity contribution is -0.671. The summed E-state index contributed by atoms with van der Waals surface area (Å²) in [6.45, 7) is 2.67. The van der Waals surface area contributed by atoms with Crippen LogP contribution in [0, 0.1) is 0 Å². The highest BCUT2D eigenvalue weighted by Gasteiger charge is 1.99. The lowest BCUT2D eigenvalue weighted by atomic mass is 10.2. The number of nitrogens with two attached hydrogens (primary N) is 1. The fourth-order valence-corrected chi connectivity index (χ4v) is 2.10. The van der Waals surface area contributed by atoms with Gasteiger partial charge in [-0.3, -0.25) is 0 Å². The Kier molecular flexibility index (Phi) is 5.24. The van der Waals surface area contributed by atoms with E-state index in [9.17, 15) is 0 Å². The number of hydrogen-bond donors (Lipinski definition) is 1. The molecule has 2 aromatic carbocycles. The Balaban J connectivity index is 1.66. The Morgan fingerprint density at radius 3 is 2.44 bits per heavy atom. The topological polar surface area (TPSA) is 25.8 Å². The van der Waals surface area contributed by atoms with Gasteiger partial charge in [0.15, 0.2) is 0 Å². The van der Waals surface area contributed by atoms with Crippen molar-refractivity contribution in [3.8, 4) is 5.75 Å². The van der Waals surface area contributed by atoms with Crippen molar-refractivity contribution in [2.45, 2.75) is 6.54 Å². The molecule has 2 N–H and O–H groups in total. The Morgan fingerprint density at radius 2 is 1.67 bits per heavy atom. The van der Waals surface area contributed by atoms with Gasteiger partial charge in [-0.25, -0.2) is 0 Å². The van der Waals surface area contributed by atoms with Crippen LogP contribution < -0.4 is 10.1 Å². The van der Waals surface area contributed by atoms with Crippen LogP contribution in [0.15, 0.2) is 59.1 Å². The van der Waals surface area contributed by atoms with Gasteiger partial charge in [0.05, 0.1) is 4.47 Å². The van der Waals surface area contributed by atoms with Crippen molar-refractivity contribution < 1.29 is 10.1 Å². The molecule has 0 heterocycles. The van der Waals surface area contributed by atoms with Gasteiger partial charge in [0.25, 0.3) is 0 Å². The molecule has 18 heavy (non-hydrogen) atoms. The molecule has 3 heteroatoms. The average molecular weight is 307 g/mol. The molecule has 0 aliphatic heterocycles. The van der Waals surface area contributed by atoms with Crippen molar-refractivity contribution in [2.75, 3.05) is 13.2 Å². The van der Waals surface area contributed by atoms with E-state index >= 15 is 0 Å². The van der Waals surface area contributed by atoms with Gasteiger partial charge in [-0.1, -0.05) is 42.5 Å². The van der Waals surface area contributed by atoms with E-state index in [0.29, 0.717) is 0 Å². The summed E-state index contributed by atoms with van der Waals surface area (Å²) < 4.78 is 6.70. The van der Waals surface area contributed by atoms with Gasteiger partial charge >= 0.3 is 0 Å². The summed E-state index contributed by atoms with van der Waals surface area (Å²) in [5.41, 5.74) is 1.35.